The lowest BCUT2D eigenvalue weighted by molar-refractivity contribution is -0.242. The zero-order valence-electron chi connectivity index (χ0n) is 30.0. The Bertz CT molecular complexity index is 1010. The summed E-state index contributed by atoms with van der Waals surface area (Å²) in [6.45, 7) is 26.0. The predicted molar refractivity (Wildman–Crippen MR) is 176 cm³/mol. The molecule has 0 heterocycles. The van der Waals surface area contributed by atoms with Gasteiger partial charge < -0.3 is 9.84 Å². The molecule has 4 aliphatic carbocycles. The van der Waals surface area contributed by atoms with Crippen molar-refractivity contribution in [3.63, 3.8) is 0 Å². The molecule has 0 aromatic rings. The molecule has 4 heteroatoms. The Morgan fingerprint density at radius 1 is 0.930 bits per heavy atom. The summed E-state index contributed by atoms with van der Waals surface area (Å²) in [5.74, 6) is 3.33. The number of unbranched alkanes of at least 4 members (excludes halogenated alkanes) is 1. The first-order valence-electron chi connectivity index (χ1n) is 18.2. The molecule has 1 N–H and O–H groups in total. The van der Waals surface area contributed by atoms with Gasteiger partial charge in [0.1, 0.15) is 12.7 Å². The molecule has 4 unspecified atom stereocenters. The van der Waals surface area contributed by atoms with Crippen LogP contribution in [0.1, 0.15) is 153 Å². The molecule has 0 aliphatic heterocycles. The average molecular weight is 601 g/mol. The van der Waals surface area contributed by atoms with Crippen LogP contribution in [0.5, 0.6) is 0 Å². The van der Waals surface area contributed by atoms with Crippen LogP contribution in [-0.2, 0) is 14.3 Å². The Kier molecular flexibility index (Phi) is 10.1. The van der Waals surface area contributed by atoms with E-state index in [1.807, 2.05) is 0 Å². The summed E-state index contributed by atoms with van der Waals surface area (Å²) in [5, 5.41) is 9.50. The number of hydrogen-bond donors (Lipinski definition) is 1. The number of ether oxygens (including phenoxy) is 1. The number of ketones is 1. The largest absolute Gasteiger partial charge is 0.462 e. The van der Waals surface area contributed by atoms with Crippen molar-refractivity contribution in [1.82, 2.24) is 0 Å². The van der Waals surface area contributed by atoms with E-state index in [2.05, 4.69) is 69.2 Å². The first-order chi connectivity index (χ1) is 19.8. The summed E-state index contributed by atoms with van der Waals surface area (Å²) in [7, 11) is 0. The maximum Gasteiger partial charge on any atom is 0.302 e. The molecule has 0 amide bonds. The zero-order valence-corrected chi connectivity index (χ0v) is 30.0. The normalized spacial score (nSPS) is 41.2. The van der Waals surface area contributed by atoms with Gasteiger partial charge in [-0.2, -0.15) is 0 Å². The first-order valence-corrected chi connectivity index (χ1v) is 18.2. The van der Waals surface area contributed by atoms with E-state index in [1.165, 1.54) is 38.5 Å². The minimum absolute atomic E-state index is 0.00276. The second kappa shape index (κ2) is 12.4. The van der Waals surface area contributed by atoms with Crippen molar-refractivity contribution in [2.75, 3.05) is 6.61 Å². The lowest BCUT2D eigenvalue weighted by atomic mass is 9.34. The van der Waals surface area contributed by atoms with Crippen LogP contribution in [0.2, 0.25) is 0 Å². The molecule has 43 heavy (non-hydrogen) atoms. The second-order valence-corrected chi connectivity index (χ2v) is 18.5. The summed E-state index contributed by atoms with van der Waals surface area (Å²) in [4.78, 5) is 25.1. The summed E-state index contributed by atoms with van der Waals surface area (Å²) in [6, 6.07) is 0. The molecule has 4 nitrogen and oxygen atoms in total. The quantitative estimate of drug-likeness (QED) is 0.189. The molecule has 4 aliphatic rings. The third kappa shape index (κ3) is 6.03. The molecule has 4 saturated carbocycles. The van der Waals surface area contributed by atoms with Gasteiger partial charge in [-0.15, -0.1) is 0 Å². The minimum atomic E-state index is -0.334. The number of rotatable bonds is 11. The van der Waals surface area contributed by atoms with Crippen LogP contribution in [0.3, 0.4) is 0 Å². The monoisotopic (exact) mass is 601 g/mol. The van der Waals surface area contributed by atoms with E-state index in [-0.39, 0.29) is 46.6 Å². The van der Waals surface area contributed by atoms with E-state index in [9.17, 15) is 14.7 Å². The van der Waals surface area contributed by atoms with Crippen LogP contribution in [0, 0.1) is 68.5 Å². The van der Waals surface area contributed by atoms with E-state index in [0.717, 1.165) is 50.4 Å². The van der Waals surface area contributed by atoms with Crippen LogP contribution in [0.4, 0.5) is 0 Å². The Morgan fingerprint density at radius 3 is 2.19 bits per heavy atom. The highest BCUT2D eigenvalue weighted by molar-refractivity contribution is 5.81. The topological polar surface area (TPSA) is 63.6 Å². The van der Waals surface area contributed by atoms with E-state index in [1.54, 1.807) is 6.92 Å². The number of carbonyl (C=O) groups is 2. The fraction of sp³-hybridized carbons (Fsp3) is 0.949. The summed E-state index contributed by atoms with van der Waals surface area (Å²) in [6.07, 6.45) is 13.7. The van der Waals surface area contributed by atoms with Gasteiger partial charge in [0.25, 0.3) is 0 Å². The van der Waals surface area contributed by atoms with Crippen LogP contribution < -0.4 is 0 Å². The van der Waals surface area contributed by atoms with E-state index in [0.29, 0.717) is 34.5 Å². The molecule has 0 saturated heterocycles. The fourth-order valence-electron chi connectivity index (χ4n) is 12.4. The van der Waals surface area contributed by atoms with Crippen molar-refractivity contribution in [2.24, 2.45) is 68.5 Å². The average Bonchev–Trinajstić information content (AvgIpc) is 3.29. The third-order valence-corrected chi connectivity index (χ3v) is 15.2. The van der Waals surface area contributed by atoms with Crippen LogP contribution in [0.15, 0.2) is 0 Å². The van der Waals surface area contributed by atoms with Gasteiger partial charge in [0.2, 0.25) is 0 Å². The van der Waals surface area contributed by atoms with Gasteiger partial charge in [-0.05, 0) is 121 Å². The highest BCUT2D eigenvalue weighted by Crippen LogP contribution is 2.76. The van der Waals surface area contributed by atoms with Gasteiger partial charge in [0, 0.05) is 18.8 Å². The first kappa shape index (κ1) is 35.0. The number of aliphatic hydroxyl groups is 1. The number of esters is 1. The zero-order chi connectivity index (χ0) is 32.2. The lowest BCUT2D eigenvalue weighted by Crippen LogP contribution is -2.66. The minimum Gasteiger partial charge on any atom is -0.462 e. The van der Waals surface area contributed by atoms with Crippen molar-refractivity contribution in [2.45, 2.75) is 159 Å². The molecule has 4 fully saturated rings. The van der Waals surface area contributed by atoms with Crippen LogP contribution in [0.25, 0.3) is 0 Å². The standard InChI is InChI=1S/C39H68O4/c1-25(2)22-28(30(42)24-40)14-12-13-18-35(5,6)29-16-20-39(11)34(29)31(43-27(4)41)23-33-37(9)19-15-26(3)36(7,8)32(37)17-21-38(33,39)10/h25-26,28-29,31-34,40H,12-24H2,1-11H3/t26-,28-,29?,31?,32?,33?,34-,37-,38+,39+/m0/s1. The number of Topliss-reactive ketones (excluding diaryl/α,β-unsaturated/α-hetero) is 1. The summed E-state index contributed by atoms with van der Waals surface area (Å²) in [5.41, 5.74) is 1.20. The van der Waals surface area contributed by atoms with Crippen LogP contribution >= 0.6 is 0 Å². The third-order valence-electron chi connectivity index (χ3n) is 15.2. The molecule has 0 aromatic carbocycles. The van der Waals surface area contributed by atoms with Gasteiger partial charge in [0.15, 0.2) is 5.78 Å². The molecule has 0 aromatic heterocycles. The van der Waals surface area contributed by atoms with Crippen molar-refractivity contribution >= 4 is 11.8 Å². The maximum absolute atomic E-state index is 12.7. The maximum atomic E-state index is 12.7. The number of carbonyl (C=O) groups excluding carboxylic acids is 2. The van der Waals surface area contributed by atoms with Gasteiger partial charge in [-0.3, -0.25) is 9.59 Å². The van der Waals surface area contributed by atoms with Crippen molar-refractivity contribution in [3.8, 4) is 0 Å². The summed E-state index contributed by atoms with van der Waals surface area (Å²) >= 11 is 0. The number of aliphatic hydroxyl groups excluding tert-OH is 1. The SMILES string of the molecule is CC(=O)OC1CC2[C@@]3(C)CC[C@H](C)C(C)(C)C3CC[C@@]2(C)[C@]2(C)CCC(C(C)(C)CCCC[C@@H](CC(C)C)C(=O)CO)[C@@H]12. The Morgan fingerprint density at radius 2 is 1.58 bits per heavy atom. The predicted octanol–water partition coefficient (Wildman–Crippen LogP) is 9.66. The summed E-state index contributed by atoms with van der Waals surface area (Å²) < 4.78 is 6.42. The molecular formula is C39H68O4. The molecule has 0 radical (unpaired) electrons. The van der Waals surface area contributed by atoms with Gasteiger partial charge in [-0.1, -0.05) is 82.1 Å². The lowest BCUT2D eigenvalue weighted by Gasteiger charge is -2.71. The van der Waals surface area contributed by atoms with Crippen molar-refractivity contribution in [1.29, 1.82) is 0 Å². The highest BCUT2D eigenvalue weighted by atomic mass is 16.5. The molecule has 248 valence electrons. The van der Waals surface area contributed by atoms with E-state index < -0.39 is 0 Å². The Labute approximate surface area is 265 Å². The van der Waals surface area contributed by atoms with E-state index >= 15 is 0 Å². The van der Waals surface area contributed by atoms with Gasteiger partial charge in [0.05, 0.1) is 0 Å². The molecule has 0 spiro atoms. The van der Waals surface area contributed by atoms with Crippen molar-refractivity contribution < 1.29 is 19.4 Å². The Hall–Kier alpha value is -0.900. The van der Waals surface area contributed by atoms with Crippen molar-refractivity contribution in [3.05, 3.63) is 0 Å². The number of fused-ring (bicyclic) bond motifs is 5. The van der Waals surface area contributed by atoms with Crippen LogP contribution in [-0.4, -0.2) is 29.6 Å². The highest BCUT2D eigenvalue weighted by Gasteiger charge is 2.71. The molecule has 0 bridgehead atoms. The Balaban J connectivity index is 1.57. The molecule has 10 atom stereocenters. The van der Waals surface area contributed by atoms with Gasteiger partial charge >= 0.3 is 5.97 Å². The van der Waals surface area contributed by atoms with Gasteiger partial charge in [-0.25, -0.2) is 0 Å². The number of hydrogen-bond acceptors (Lipinski definition) is 4. The fourth-order valence-corrected chi connectivity index (χ4v) is 12.4. The molecular weight excluding hydrogens is 532 g/mol. The smallest absolute Gasteiger partial charge is 0.302 e. The van der Waals surface area contributed by atoms with E-state index in [4.69, 9.17) is 4.74 Å². The second-order valence-electron chi connectivity index (χ2n) is 18.5. The molecule has 4 rings (SSSR count).